The van der Waals surface area contributed by atoms with Gasteiger partial charge in [-0.3, -0.25) is 0 Å². The van der Waals surface area contributed by atoms with E-state index in [9.17, 15) is 0 Å². The Kier molecular flexibility index (Phi) is 6.03. The van der Waals surface area contributed by atoms with Gasteiger partial charge in [-0.25, -0.2) is 0 Å². The Bertz CT molecular complexity index is 3260. The molecule has 13 rings (SSSR count). The third kappa shape index (κ3) is 3.86. The molecule has 3 aliphatic heterocycles. The number of benzene rings is 9. The maximum atomic E-state index is 3.91. The molecule has 1 N–H and O–H groups in total. The molecule has 0 bridgehead atoms. The maximum absolute atomic E-state index is 3.91. The molecular formula is C52H32BN2Si. The van der Waals surface area contributed by atoms with Gasteiger partial charge in [-0.05, 0) is 95.1 Å². The van der Waals surface area contributed by atoms with Crippen LogP contribution in [0.3, 0.4) is 0 Å². The second-order valence-electron chi connectivity index (χ2n) is 15.5. The lowest BCUT2D eigenvalue weighted by Crippen LogP contribution is -2.76. The molecule has 9 aromatic carbocycles. The minimum Gasteiger partial charge on any atom is -0.354 e. The molecule has 0 saturated carbocycles. The van der Waals surface area contributed by atoms with Gasteiger partial charge < -0.3 is 9.88 Å². The van der Waals surface area contributed by atoms with E-state index >= 15 is 0 Å². The first-order chi connectivity index (χ1) is 27.8. The average Bonchev–Trinajstić information content (AvgIpc) is 3.77. The second kappa shape index (κ2) is 11.1. The minimum atomic E-state index is -2.68. The number of rotatable bonds is 2. The number of hydrogen-bond donors (Lipinski definition) is 1. The van der Waals surface area contributed by atoms with E-state index in [1.54, 1.807) is 0 Å². The summed E-state index contributed by atoms with van der Waals surface area (Å²) in [7, 11) is -0.197. The van der Waals surface area contributed by atoms with Crippen LogP contribution in [0.5, 0.6) is 0 Å². The summed E-state index contributed by atoms with van der Waals surface area (Å²) in [6.45, 7) is 0. The number of para-hydroxylation sites is 3. The number of fused-ring (bicyclic) bond motifs is 15. The lowest BCUT2D eigenvalue weighted by Gasteiger charge is -2.47. The Labute approximate surface area is 326 Å². The van der Waals surface area contributed by atoms with Gasteiger partial charge in [-0.2, -0.15) is 0 Å². The van der Waals surface area contributed by atoms with Gasteiger partial charge in [-0.1, -0.05) is 163 Å². The van der Waals surface area contributed by atoms with Gasteiger partial charge in [0.15, 0.2) is 15.4 Å². The Morgan fingerprint density at radius 2 is 1.07 bits per heavy atom. The molecule has 10 aromatic rings. The van der Waals surface area contributed by atoms with Gasteiger partial charge in [0.05, 0.1) is 5.52 Å². The van der Waals surface area contributed by atoms with E-state index in [2.05, 4.69) is 205 Å². The van der Waals surface area contributed by atoms with E-state index in [0.717, 1.165) is 5.52 Å². The lowest BCUT2D eigenvalue weighted by molar-refractivity contribution is 1.30. The maximum Gasteiger partial charge on any atom is 0.197 e. The summed E-state index contributed by atoms with van der Waals surface area (Å²) in [5.74, 6) is 0. The molecule has 0 atom stereocenters. The highest BCUT2D eigenvalue weighted by Gasteiger charge is 2.54. The molecule has 1 aromatic heterocycles. The number of nitrogens with zero attached hydrogens (tertiary/aromatic N) is 1. The summed E-state index contributed by atoms with van der Waals surface area (Å²) in [5, 5.41) is 10.9. The molecule has 257 valence electrons. The third-order valence-corrected chi connectivity index (χ3v) is 17.7. The molecule has 2 nitrogen and oxygen atoms in total. The number of H-pyrrole nitrogens is 1. The van der Waals surface area contributed by atoms with Gasteiger partial charge in [0.25, 0.3) is 0 Å². The van der Waals surface area contributed by atoms with E-state index < -0.39 is 8.07 Å². The monoisotopic (exact) mass is 723 g/mol. The molecule has 4 heteroatoms. The van der Waals surface area contributed by atoms with Crippen LogP contribution in [0.4, 0.5) is 17.1 Å². The van der Waals surface area contributed by atoms with E-state index in [1.165, 1.54) is 109 Å². The van der Waals surface area contributed by atoms with E-state index in [4.69, 9.17) is 0 Å². The van der Waals surface area contributed by atoms with Gasteiger partial charge >= 0.3 is 0 Å². The number of anilines is 3. The summed E-state index contributed by atoms with van der Waals surface area (Å²) < 4.78 is 0. The van der Waals surface area contributed by atoms with Crippen molar-refractivity contribution in [2.75, 3.05) is 4.90 Å². The molecule has 3 aliphatic rings. The molecule has 4 heterocycles. The van der Waals surface area contributed by atoms with Crippen LogP contribution < -0.4 is 36.6 Å². The fourth-order valence-corrected chi connectivity index (χ4v) is 16.1. The van der Waals surface area contributed by atoms with Gasteiger partial charge in [-0.15, -0.1) is 0 Å². The third-order valence-electron chi connectivity index (χ3n) is 12.8. The summed E-state index contributed by atoms with van der Waals surface area (Å²) in [4.78, 5) is 6.53. The van der Waals surface area contributed by atoms with Crippen molar-refractivity contribution < 1.29 is 0 Å². The summed E-state index contributed by atoms with van der Waals surface area (Å²) in [6, 6.07) is 70.7. The first-order valence-electron chi connectivity index (χ1n) is 19.5. The zero-order chi connectivity index (χ0) is 36.5. The number of aromatic nitrogens is 1. The van der Waals surface area contributed by atoms with Gasteiger partial charge in [0.2, 0.25) is 0 Å². The van der Waals surface area contributed by atoms with Crippen LogP contribution in [0.25, 0.3) is 66.0 Å². The van der Waals surface area contributed by atoms with Crippen molar-refractivity contribution in [3.8, 4) is 33.4 Å². The standard InChI is InChI=1S/C52H32BN2Si/c1-2-14-32(15-3-1)35-29-41(39-21-12-20-38-40-28-33-16-4-5-17-34(33)30-43(40)54-51(38)39)50-45(31-35)55-44-23-8-11-26-48(44)56(49-27-13-22-42(53-50)52(49)55)46-24-9-6-18-36(46)37-19-7-10-25-47(37)56/h1-31,54H. The fraction of sp³-hybridized carbons (Fsp3) is 0. The smallest absolute Gasteiger partial charge is 0.197 e. The van der Waals surface area contributed by atoms with Crippen LogP contribution in [0, 0.1) is 0 Å². The van der Waals surface area contributed by atoms with Crippen molar-refractivity contribution in [2.45, 2.75) is 0 Å². The minimum absolute atomic E-state index is 1.16. The fourth-order valence-electron chi connectivity index (χ4n) is 10.5. The van der Waals surface area contributed by atoms with Crippen molar-refractivity contribution >= 4 is 96.7 Å². The summed E-state index contributed by atoms with van der Waals surface area (Å²) in [6.07, 6.45) is 0. The molecule has 1 spiro atoms. The molecule has 0 fully saturated rings. The van der Waals surface area contributed by atoms with Crippen LogP contribution in [-0.4, -0.2) is 20.3 Å². The molecule has 56 heavy (non-hydrogen) atoms. The predicted octanol–water partition coefficient (Wildman–Crippen LogP) is 8.92. The highest BCUT2D eigenvalue weighted by atomic mass is 28.3. The zero-order valence-electron chi connectivity index (χ0n) is 30.4. The van der Waals surface area contributed by atoms with Crippen molar-refractivity contribution in [1.29, 1.82) is 0 Å². The normalized spacial score (nSPS) is 14.0. The van der Waals surface area contributed by atoms with E-state index in [1.807, 2.05) is 0 Å². The van der Waals surface area contributed by atoms with Crippen LogP contribution in [0.1, 0.15) is 0 Å². The Morgan fingerprint density at radius 1 is 0.429 bits per heavy atom. The Hall–Kier alpha value is -6.88. The summed E-state index contributed by atoms with van der Waals surface area (Å²) >= 11 is 0. The number of hydrogen-bond acceptors (Lipinski definition) is 1. The van der Waals surface area contributed by atoms with Gasteiger partial charge in [0, 0.05) is 38.9 Å². The molecule has 0 amide bonds. The van der Waals surface area contributed by atoms with Crippen LogP contribution >= 0.6 is 0 Å². The quantitative estimate of drug-likeness (QED) is 0.177. The van der Waals surface area contributed by atoms with Crippen molar-refractivity contribution in [3.63, 3.8) is 0 Å². The van der Waals surface area contributed by atoms with Crippen molar-refractivity contribution in [1.82, 2.24) is 4.98 Å². The lowest BCUT2D eigenvalue weighted by atomic mass is 9.58. The van der Waals surface area contributed by atoms with Gasteiger partial charge in [0.1, 0.15) is 0 Å². The number of aromatic amines is 1. The number of nitrogens with one attached hydrogen (secondary N) is 1. The Balaban J connectivity index is 1.12. The zero-order valence-corrected chi connectivity index (χ0v) is 31.4. The highest BCUT2D eigenvalue weighted by Crippen LogP contribution is 2.45. The first-order valence-corrected chi connectivity index (χ1v) is 21.5. The first kappa shape index (κ1) is 30.4. The molecule has 0 unspecified atom stereocenters. The second-order valence-corrected chi connectivity index (χ2v) is 19.2. The topological polar surface area (TPSA) is 19.0 Å². The highest BCUT2D eigenvalue weighted by molar-refractivity contribution is 7.23. The largest absolute Gasteiger partial charge is 0.354 e. The van der Waals surface area contributed by atoms with Crippen LogP contribution in [0.2, 0.25) is 0 Å². The molecular weight excluding hydrogens is 691 g/mol. The molecule has 0 saturated heterocycles. The Morgan fingerprint density at radius 3 is 1.88 bits per heavy atom. The predicted molar refractivity (Wildman–Crippen MR) is 240 cm³/mol. The average molecular weight is 724 g/mol. The van der Waals surface area contributed by atoms with E-state index in [-0.39, 0.29) is 0 Å². The summed E-state index contributed by atoms with van der Waals surface area (Å²) in [5.41, 5.74) is 16.3. The molecule has 1 radical (unpaired) electrons. The SMILES string of the molecule is [B]1c2cccc3c2N(c2ccccc2[Si]32c3ccccc3-c3ccccc32)c2cc(-c3ccccc3)cc(-c3cccc4c3[nH]c3cc5ccccc5cc34)c21. The molecule has 0 aliphatic carbocycles. The van der Waals surface area contributed by atoms with Crippen molar-refractivity contribution in [2.24, 2.45) is 0 Å². The van der Waals surface area contributed by atoms with E-state index in [0.29, 0.717) is 0 Å². The van der Waals surface area contributed by atoms with Crippen LogP contribution in [-0.2, 0) is 0 Å². The van der Waals surface area contributed by atoms with Crippen LogP contribution in [0.15, 0.2) is 188 Å². The van der Waals surface area contributed by atoms with Crippen molar-refractivity contribution in [3.05, 3.63) is 188 Å².